The summed E-state index contributed by atoms with van der Waals surface area (Å²) in [5.41, 5.74) is 1.23. The predicted molar refractivity (Wildman–Crippen MR) is 72.1 cm³/mol. The summed E-state index contributed by atoms with van der Waals surface area (Å²) in [6, 6.07) is 7.22. The first-order valence-electron chi connectivity index (χ1n) is 6.45. The molecule has 2 rings (SSSR count). The molecule has 0 unspecified atom stereocenters. The van der Waals surface area contributed by atoms with Crippen molar-refractivity contribution in [1.82, 2.24) is 10.2 Å². The van der Waals surface area contributed by atoms with E-state index >= 15 is 0 Å². The van der Waals surface area contributed by atoms with Crippen molar-refractivity contribution in [3.63, 3.8) is 0 Å². The Balaban J connectivity index is 1.98. The van der Waals surface area contributed by atoms with Crippen molar-refractivity contribution < 1.29 is 19.8 Å². The molecule has 0 radical (unpaired) electrons. The fourth-order valence-corrected chi connectivity index (χ4v) is 2.30. The summed E-state index contributed by atoms with van der Waals surface area (Å²) >= 11 is 0. The van der Waals surface area contributed by atoms with Gasteiger partial charge in [0.1, 0.15) is 6.04 Å². The van der Waals surface area contributed by atoms with E-state index < -0.39 is 24.1 Å². The fraction of sp³-hybridized carbons (Fsp3) is 0.357. The minimum absolute atomic E-state index is 0.00103. The van der Waals surface area contributed by atoms with Gasteiger partial charge in [0.2, 0.25) is 0 Å². The third-order valence-electron chi connectivity index (χ3n) is 3.32. The van der Waals surface area contributed by atoms with E-state index in [2.05, 4.69) is 5.32 Å². The summed E-state index contributed by atoms with van der Waals surface area (Å²) in [5, 5.41) is 29.9. The molecule has 0 spiro atoms. The Kier molecular flexibility index (Phi) is 4.40. The molecule has 3 N–H and O–H groups in total. The molecule has 0 saturated carbocycles. The first-order valence-corrected chi connectivity index (χ1v) is 6.45. The molecule has 7 heteroatoms. The summed E-state index contributed by atoms with van der Waals surface area (Å²) in [6.07, 6.45) is -0.786. The Hall–Kier alpha value is -2.59. The zero-order valence-electron chi connectivity index (χ0n) is 11.2. The van der Waals surface area contributed by atoms with E-state index in [-0.39, 0.29) is 19.5 Å². The molecule has 1 aromatic rings. The maximum Gasteiger partial charge on any atom is 0.326 e. The van der Waals surface area contributed by atoms with Crippen LogP contribution >= 0.6 is 0 Å². The summed E-state index contributed by atoms with van der Waals surface area (Å²) in [6.45, 7) is 0.189. The van der Waals surface area contributed by atoms with Crippen LogP contribution in [0, 0.1) is 11.3 Å². The molecule has 1 aromatic carbocycles. The molecule has 1 aliphatic heterocycles. The Bertz CT molecular complexity index is 596. The average molecular weight is 289 g/mol. The largest absolute Gasteiger partial charge is 0.480 e. The molecule has 0 aromatic heterocycles. The van der Waals surface area contributed by atoms with Gasteiger partial charge in [0.05, 0.1) is 17.7 Å². The third-order valence-corrected chi connectivity index (χ3v) is 3.32. The quantitative estimate of drug-likeness (QED) is 0.740. The molecule has 1 aliphatic rings. The second-order valence-corrected chi connectivity index (χ2v) is 4.87. The number of aliphatic carboxylic acids is 1. The van der Waals surface area contributed by atoms with E-state index in [1.165, 1.54) is 0 Å². The lowest BCUT2D eigenvalue weighted by Crippen LogP contribution is -2.45. The monoisotopic (exact) mass is 289 g/mol. The number of rotatable bonds is 3. The summed E-state index contributed by atoms with van der Waals surface area (Å²) in [5.74, 6) is -1.13. The van der Waals surface area contributed by atoms with Crippen LogP contribution in [0.2, 0.25) is 0 Å². The number of nitrogens with one attached hydrogen (secondary N) is 1. The zero-order chi connectivity index (χ0) is 15.4. The van der Waals surface area contributed by atoms with E-state index in [0.717, 1.165) is 10.5 Å². The van der Waals surface area contributed by atoms with Crippen molar-refractivity contribution in [2.24, 2.45) is 0 Å². The molecular weight excluding hydrogens is 274 g/mol. The summed E-state index contributed by atoms with van der Waals surface area (Å²) < 4.78 is 0. The van der Waals surface area contributed by atoms with Crippen LogP contribution < -0.4 is 5.32 Å². The van der Waals surface area contributed by atoms with Gasteiger partial charge in [-0.25, -0.2) is 9.59 Å². The van der Waals surface area contributed by atoms with Crippen LogP contribution in [0.15, 0.2) is 24.3 Å². The number of urea groups is 1. The normalized spacial score (nSPS) is 20.9. The van der Waals surface area contributed by atoms with Gasteiger partial charge in [-0.05, 0) is 17.7 Å². The lowest BCUT2D eigenvalue weighted by molar-refractivity contribution is -0.141. The highest BCUT2D eigenvalue weighted by molar-refractivity contribution is 5.83. The number of nitrogens with zero attached hydrogens (tertiary/aromatic N) is 2. The predicted octanol–water partition coefficient (Wildman–Crippen LogP) is 0.288. The molecule has 0 aliphatic carbocycles. The lowest BCUT2D eigenvalue weighted by atomic mass is 10.1. The third kappa shape index (κ3) is 3.49. The van der Waals surface area contributed by atoms with Crippen LogP contribution in [0.5, 0.6) is 0 Å². The smallest absolute Gasteiger partial charge is 0.326 e. The molecule has 1 fully saturated rings. The number of benzene rings is 1. The van der Waals surface area contributed by atoms with Crippen LogP contribution in [0.25, 0.3) is 0 Å². The number of nitriles is 1. The number of hydrogen-bond acceptors (Lipinski definition) is 4. The van der Waals surface area contributed by atoms with E-state index in [4.69, 9.17) is 10.4 Å². The lowest BCUT2D eigenvalue weighted by Gasteiger charge is -2.21. The van der Waals surface area contributed by atoms with Crippen LogP contribution in [0.4, 0.5) is 4.79 Å². The molecular formula is C14H15N3O4. The number of carboxylic acid groups (broad SMARTS) is 1. The highest BCUT2D eigenvalue weighted by Crippen LogP contribution is 2.18. The highest BCUT2D eigenvalue weighted by atomic mass is 16.4. The molecule has 1 heterocycles. The Labute approximate surface area is 121 Å². The first kappa shape index (κ1) is 14.8. The number of aliphatic hydroxyl groups is 1. The van der Waals surface area contributed by atoms with Crippen molar-refractivity contribution in [2.45, 2.75) is 25.1 Å². The van der Waals surface area contributed by atoms with Crippen LogP contribution in [-0.2, 0) is 11.3 Å². The number of carboxylic acids is 1. The Morgan fingerprint density at radius 2 is 2.24 bits per heavy atom. The second-order valence-electron chi connectivity index (χ2n) is 4.87. The van der Waals surface area contributed by atoms with E-state index in [0.29, 0.717) is 5.56 Å². The van der Waals surface area contributed by atoms with E-state index in [9.17, 15) is 14.7 Å². The van der Waals surface area contributed by atoms with Gasteiger partial charge in [0.15, 0.2) is 0 Å². The Morgan fingerprint density at radius 3 is 2.90 bits per heavy atom. The second kappa shape index (κ2) is 6.24. The number of likely N-dealkylation sites (tertiary alicyclic amines) is 1. The van der Waals surface area contributed by atoms with Gasteiger partial charge < -0.3 is 20.4 Å². The van der Waals surface area contributed by atoms with Crippen molar-refractivity contribution in [3.8, 4) is 6.07 Å². The van der Waals surface area contributed by atoms with Crippen LogP contribution in [-0.4, -0.2) is 45.8 Å². The number of aliphatic hydroxyl groups excluding tert-OH is 1. The minimum Gasteiger partial charge on any atom is -0.480 e. The van der Waals surface area contributed by atoms with Gasteiger partial charge in [0, 0.05) is 19.5 Å². The average Bonchev–Trinajstić information content (AvgIpc) is 2.87. The van der Waals surface area contributed by atoms with Crippen molar-refractivity contribution >= 4 is 12.0 Å². The molecule has 2 amide bonds. The Morgan fingerprint density at radius 1 is 1.48 bits per heavy atom. The van der Waals surface area contributed by atoms with E-state index in [1.54, 1.807) is 24.3 Å². The van der Waals surface area contributed by atoms with Crippen molar-refractivity contribution in [1.29, 1.82) is 5.26 Å². The maximum atomic E-state index is 12.0. The van der Waals surface area contributed by atoms with Gasteiger partial charge in [0.25, 0.3) is 0 Å². The fourth-order valence-electron chi connectivity index (χ4n) is 2.30. The van der Waals surface area contributed by atoms with Crippen LogP contribution in [0.3, 0.4) is 0 Å². The number of β-amino-alcohol motifs (C(OH)–C–C–N with tert-alkyl or cyclic N) is 1. The topological polar surface area (TPSA) is 114 Å². The summed E-state index contributed by atoms with van der Waals surface area (Å²) in [7, 11) is 0. The van der Waals surface area contributed by atoms with Gasteiger partial charge in [-0.15, -0.1) is 0 Å². The SMILES string of the molecule is N#Cc1cccc(CNC(=O)N2C[C@H](O)C[C@H]2C(=O)O)c1. The standard InChI is InChI=1S/C14H15N3O4/c15-6-9-2-1-3-10(4-9)7-16-14(21)17-8-11(18)5-12(17)13(19)20/h1-4,11-12,18H,5,7-8H2,(H,16,21)(H,19,20)/t11-,12+/m1/s1. The molecule has 1 saturated heterocycles. The molecule has 7 nitrogen and oxygen atoms in total. The van der Waals surface area contributed by atoms with Crippen molar-refractivity contribution in [2.75, 3.05) is 6.54 Å². The first-order chi connectivity index (χ1) is 10.0. The number of carbonyl (C=O) groups is 2. The number of hydrogen-bond donors (Lipinski definition) is 3. The van der Waals surface area contributed by atoms with Gasteiger partial charge >= 0.3 is 12.0 Å². The molecule has 0 bridgehead atoms. The van der Waals surface area contributed by atoms with Gasteiger partial charge in [-0.2, -0.15) is 5.26 Å². The summed E-state index contributed by atoms with van der Waals surface area (Å²) in [4.78, 5) is 24.2. The molecule has 110 valence electrons. The van der Waals surface area contributed by atoms with Crippen LogP contribution in [0.1, 0.15) is 17.5 Å². The zero-order valence-corrected chi connectivity index (χ0v) is 11.2. The number of amides is 2. The van der Waals surface area contributed by atoms with Gasteiger partial charge in [-0.3, -0.25) is 0 Å². The minimum atomic E-state index is -1.13. The van der Waals surface area contributed by atoms with E-state index in [1.807, 2.05) is 6.07 Å². The number of carbonyl (C=O) groups excluding carboxylic acids is 1. The molecule has 2 atom stereocenters. The highest BCUT2D eigenvalue weighted by Gasteiger charge is 2.38. The van der Waals surface area contributed by atoms with Gasteiger partial charge in [-0.1, -0.05) is 12.1 Å². The van der Waals surface area contributed by atoms with Crippen molar-refractivity contribution in [3.05, 3.63) is 35.4 Å². The maximum absolute atomic E-state index is 12.0. The molecule has 21 heavy (non-hydrogen) atoms.